The fourth-order valence-electron chi connectivity index (χ4n) is 6.19. The molecule has 1 aliphatic heterocycles. The second kappa shape index (κ2) is 4.93. The lowest BCUT2D eigenvalue weighted by Gasteiger charge is -2.49. The maximum atomic E-state index is 13.2. The summed E-state index contributed by atoms with van der Waals surface area (Å²) in [5.74, 6) is 1.47. The second-order valence-corrected chi connectivity index (χ2v) is 8.35. The Morgan fingerprint density at radius 2 is 2.16 bits per heavy atom. The molecule has 0 amide bonds. The minimum absolute atomic E-state index is 0.0873. The smallest absolute Gasteiger partial charge is 0.202 e. The number of rotatable bonds is 0. The number of fused-ring (bicyclic) bond motifs is 4. The molecule has 3 heteroatoms. The van der Waals surface area contributed by atoms with Gasteiger partial charge in [0.05, 0.1) is 12.1 Å². The summed E-state index contributed by atoms with van der Waals surface area (Å²) in [6.45, 7) is 0. The predicted octanol–water partition coefficient (Wildman–Crippen LogP) is 3.47. The van der Waals surface area contributed by atoms with E-state index in [0.717, 1.165) is 19.3 Å². The molecule has 0 aromatic heterocycles. The third-order valence-corrected chi connectivity index (χ3v) is 7.19. The van der Waals surface area contributed by atoms with Crippen molar-refractivity contribution in [3.05, 3.63) is 59.2 Å². The van der Waals surface area contributed by atoms with Crippen LogP contribution in [0.2, 0.25) is 0 Å². The van der Waals surface area contributed by atoms with Gasteiger partial charge in [-0.2, -0.15) is 0 Å². The summed E-state index contributed by atoms with van der Waals surface area (Å²) >= 11 is 0. The predicted molar refractivity (Wildman–Crippen MR) is 94.8 cm³/mol. The average molecular weight is 333 g/mol. The summed E-state index contributed by atoms with van der Waals surface area (Å²) in [4.78, 5) is 13.2. The molecule has 128 valence electrons. The molecule has 6 rings (SSSR count). The fourth-order valence-corrected chi connectivity index (χ4v) is 6.19. The van der Waals surface area contributed by atoms with Crippen LogP contribution in [-0.2, 0) is 16.0 Å². The molecule has 0 bridgehead atoms. The lowest BCUT2D eigenvalue weighted by molar-refractivity contribution is -0.157. The first-order valence-electron chi connectivity index (χ1n) is 9.71. The van der Waals surface area contributed by atoms with E-state index in [0.29, 0.717) is 11.8 Å². The molecule has 0 unspecified atom stereocenters. The van der Waals surface area contributed by atoms with Gasteiger partial charge in [0.1, 0.15) is 0 Å². The molecular weight excluding hydrogens is 310 g/mol. The molecule has 3 nitrogen and oxygen atoms in total. The van der Waals surface area contributed by atoms with Crippen LogP contribution in [0.5, 0.6) is 0 Å². The number of carbonyl (C=O) groups is 1. The van der Waals surface area contributed by atoms with E-state index in [-0.39, 0.29) is 23.8 Å². The molecule has 1 aromatic carbocycles. The molecule has 6 atom stereocenters. The molecule has 1 saturated carbocycles. The van der Waals surface area contributed by atoms with Gasteiger partial charge in [0.2, 0.25) is 5.78 Å². The van der Waals surface area contributed by atoms with E-state index in [4.69, 9.17) is 4.74 Å². The first-order chi connectivity index (χ1) is 12.3. The zero-order valence-corrected chi connectivity index (χ0v) is 14.3. The SMILES string of the molecule is O=C1C=C2CCC[C@H]3C=CC[C@H]([C@@H]23)[C@]12N[C@H]1c3ccccc3C[C@H]1O2. The van der Waals surface area contributed by atoms with Gasteiger partial charge in [-0.1, -0.05) is 42.0 Å². The number of benzene rings is 1. The third-order valence-electron chi connectivity index (χ3n) is 7.19. The van der Waals surface area contributed by atoms with Gasteiger partial charge in [0.25, 0.3) is 0 Å². The van der Waals surface area contributed by atoms with Crippen molar-refractivity contribution in [2.75, 3.05) is 0 Å². The molecule has 1 spiro atoms. The average Bonchev–Trinajstić information content (AvgIpc) is 3.16. The molecule has 1 heterocycles. The van der Waals surface area contributed by atoms with Gasteiger partial charge in [-0.25, -0.2) is 0 Å². The van der Waals surface area contributed by atoms with Gasteiger partial charge < -0.3 is 4.74 Å². The van der Waals surface area contributed by atoms with E-state index < -0.39 is 5.72 Å². The highest BCUT2D eigenvalue weighted by atomic mass is 16.5. The molecule has 4 aliphatic carbocycles. The summed E-state index contributed by atoms with van der Waals surface area (Å²) < 4.78 is 6.60. The van der Waals surface area contributed by atoms with Crippen molar-refractivity contribution in [1.82, 2.24) is 5.32 Å². The number of carbonyl (C=O) groups excluding carboxylic acids is 1. The van der Waals surface area contributed by atoms with Crippen molar-refractivity contribution in [3.63, 3.8) is 0 Å². The van der Waals surface area contributed by atoms with Crippen LogP contribution in [0.25, 0.3) is 0 Å². The van der Waals surface area contributed by atoms with Crippen LogP contribution in [0.15, 0.2) is 48.1 Å². The number of ether oxygens (including phenoxy) is 1. The van der Waals surface area contributed by atoms with Crippen molar-refractivity contribution in [3.8, 4) is 0 Å². The van der Waals surface area contributed by atoms with Gasteiger partial charge in [-0.05, 0) is 54.7 Å². The van der Waals surface area contributed by atoms with Gasteiger partial charge in [0.15, 0.2) is 5.72 Å². The second-order valence-electron chi connectivity index (χ2n) is 8.35. The van der Waals surface area contributed by atoms with Crippen molar-refractivity contribution in [2.45, 2.75) is 50.0 Å². The van der Waals surface area contributed by atoms with E-state index in [9.17, 15) is 4.79 Å². The van der Waals surface area contributed by atoms with E-state index in [2.05, 4.69) is 41.7 Å². The number of ketones is 1. The Morgan fingerprint density at radius 1 is 1.24 bits per heavy atom. The van der Waals surface area contributed by atoms with Gasteiger partial charge in [-0.15, -0.1) is 0 Å². The Balaban J connectivity index is 1.44. The highest BCUT2D eigenvalue weighted by Gasteiger charge is 2.61. The maximum absolute atomic E-state index is 13.2. The standard InChI is InChI=1S/C22H23NO2/c24-19-12-15-8-3-6-13-7-4-10-17(20(13)15)22(19)23-21-16-9-2-1-5-14(16)11-18(21)25-22/h1-2,4-5,7,9,12-13,17-18,20-21,23H,3,6,8,10-11H2/t13-,17+,18+,20+,21-,22+/m0/s1. The quantitative estimate of drug-likeness (QED) is 0.739. The first kappa shape index (κ1) is 14.5. The Hall–Kier alpha value is -1.71. The van der Waals surface area contributed by atoms with Crippen LogP contribution in [-0.4, -0.2) is 17.6 Å². The number of allylic oxidation sites excluding steroid dienone is 3. The zero-order chi connectivity index (χ0) is 16.6. The van der Waals surface area contributed by atoms with E-state index in [1.165, 1.54) is 29.5 Å². The molecule has 1 N–H and O–H groups in total. The summed E-state index contributed by atoms with van der Waals surface area (Å²) in [5.41, 5.74) is 3.25. The van der Waals surface area contributed by atoms with Crippen molar-refractivity contribution >= 4 is 5.78 Å². The summed E-state index contributed by atoms with van der Waals surface area (Å²) in [5, 5.41) is 3.71. The topological polar surface area (TPSA) is 38.3 Å². The number of nitrogens with one attached hydrogen (secondary N) is 1. The van der Waals surface area contributed by atoms with Crippen molar-refractivity contribution in [2.24, 2.45) is 17.8 Å². The normalized spacial score (nSPS) is 43.6. The van der Waals surface area contributed by atoms with Crippen LogP contribution in [0.3, 0.4) is 0 Å². The minimum atomic E-state index is -0.808. The molecular formula is C22H23NO2. The Bertz CT molecular complexity index is 825. The zero-order valence-electron chi connectivity index (χ0n) is 14.3. The summed E-state index contributed by atoms with van der Waals surface area (Å²) in [7, 11) is 0. The van der Waals surface area contributed by atoms with E-state index in [1.807, 2.05) is 6.08 Å². The Kier molecular flexibility index (Phi) is 2.85. The lowest BCUT2D eigenvalue weighted by Crippen LogP contribution is -2.61. The highest BCUT2D eigenvalue weighted by molar-refractivity contribution is 5.99. The van der Waals surface area contributed by atoms with Gasteiger partial charge in [0, 0.05) is 12.3 Å². The summed E-state index contributed by atoms with van der Waals surface area (Å²) in [6.07, 6.45) is 12.1. The first-order valence-corrected chi connectivity index (χ1v) is 9.71. The monoisotopic (exact) mass is 333 g/mol. The molecule has 2 fully saturated rings. The highest BCUT2D eigenvalue weighted by Crippen LogP contribution is 2.55. The Morgan fingerprint density at radius 3 is 3.12 bits per heavy atom. The largest absolute Gasteiger partial charge is 0.347 e. The molecule has 1 saturated heterocycles. The number of hydrogen-bond donors (Lipinski definition) is 1. The third kappa shape index (κ3) is 1.81. The van der Waals surface area contributed by atoms with Crippen LogP contribution < -0.4 is 5.32 Å². The van der Waals surface area contributed by atoms with Crippen molar-refractivity contribution in [1.29, 1.82) is 0 Å². The lowest BCUT2D eigenvalue weighted by atomic mass is 9.59. The Labute approximate surface area is 148 Å². The van der Waals surface area contributed by atoms with Gasteiger partial charge in [-0.3, -0.25) is 10.1 Å². The van der Waals surface area contributed by atoms with Crippen molar-refractivity contribution < 1.29 is 9.53 Å². The van der Waals surface area contributed by atoms with Gasteiger partial charge >= 0.3 is 0 Å². The van der Waals surface area contributed by atoms with Crippen LogP contribution >= 0.6 is 0 Å². The van der Waals surface area contributed by atoms with Crippen LogP contribution in [0, 0.1) is 17.8 Å². The molecule has 25 heavy (non-hydrogen) atoms. The van der Waals surface area contributed by atoms with Crippen LogP contribution in [0.1, 0.15) is 42.9 Å². The number of hydrogen-bond acceptors (Lipinski definition) is 3. The van der Waals surface area contributed by atoms with E-state index >= 15 is 0 Å². The molecule has 5 aliphatic rings. The summed E-state index contributed by atoms with van der Waals surface area (Å²) in [6, 6.07) is 8.72. The minimum Gasteiger partial charge on any atom is -0.347 e. The van der Waals surface area contributed by atoms with Crippen LogP contribution in [0.4, 0.5) is 0 Å². The van der Waals surface area contributed by atoms with E-state index in [1.54, 1.807) is 0 Å². The maximum Gasteiger partial charge on any atom is 0.202 e. The molecule has 0 radical (unpaired) electrons. The molecule has 1 aromatic rings. The fraction of sp³-hybridized carbons (Fsp3) is 0.500.